The average Bonchev–Trinajstić information content (AvgIpc) is 3.15. The van der Waals surface area contributed by atoms with E-state index in [1.54, 1.807) is 17.0 Å². The molecule has 0 spiro atoms. The van der Waals surface area contributed by atoms with Gasteiger partial charge in [0.2, 0.25) is 0 Å². The molecule has 1 aromatic carbocycles. The van der Waals surface area contributed by atoms with Crippen molar-refractivity contribution in [3.8, 4) is 12.3 Å². The first-order valence-electron chi connectivity index (χ1n) is 6.21. The van der Waals surface area contributed by atoms with Crippen LogP contribution in [0.1, 0.15) is 28.8 Å². The molecule has 1 fully saturated rings. The smallest absolute Gasteiger partial charge is 0.254 e. The first kappa shape index (κ1) is 12.5. The Balaban J connectivity index is 2.21. The molecule has 2 rings (SSSR count). The highest BCUT2D eigenvalue weighted by Gasteiger charge is 2.27. The molecule has 1 aliphatic rings. The van der Waals surface area contributed by atoms with E-state index in [1.165, 1.54) is 12.8 Å². The van der Waals surface area contributed by atoms with Crippen LogP contribution in [0.4, 0.5) is 5.69 Å². The first-order valence-corrected chi connectivity index (χ1v) is 6.21. The van der Waals surface area contributed by atoms with Crippen LogP contribution in [0.2, 0.25) is 0 Å². The normalized spacial score (nSPS) is 14.0. The minimum atomic E-state index is -0.00958. The third-order valence-corrected chi connectivity index (χ3v) is 3.35. The van der Waals surface area contributed by atoms with Crippen LogP contribution in [0.3, 0.4) is 0 Å². The summed E-state index contributed by atoms with van der Waals surface area (Å²) in [6, 6.07) is 5.42. The van der Waals surface area contributed by atoms with E-state index in [9.17, 15) is 4.79 Å². The fraction of sp³-hybridized carbons (Fsp3) is 0.400. The van der Waals surface area contributed by atoms with Crippen LogP contribution >= 0.6 is 0 Å². The fourth-order valence-electron chi connectivity index (χ4n) is 2.00. The summed E-state index contributed by atoms with van der Waals surface area (Å²) in [5, 5.41) is 0. The first-order chi connectivity index (χ1) is 8.63. The van der Waals surface area contributed by atoms with Gasteiger partial charge in [0.15, 0.2) is 0 Å². The van der Waals surface area contributed by atoms with Crippen LogP contribution in [0.15, 0.2) is 18.2 Å². The van der Waals surface area contributed by atoms with Crippen molar-refractivity contribution >= 4 is 11.6 Å². The summed E-state index contributed by atoms with van der Waals surface area (Å²) in [5.41, 5.74) is 7.97. The molecule has 0 aromatic heterocycles. The number of rotatable bonds is 4. The van der Waals surface area contributed by atoms with Gasteiger partial charge in [-0.05, 0) is 43.4 Å². The number of amides is 1. The lowest BCUT2D eigenvalue weighted by Gasteiger charge is -2.21. The monoisotopic (exact) mass is 242 g/mol. The SMILES string of the molecule is C#CCN(CC1CC1)C(=O)c1cccc(N)c1C. The van der Waals surface area contributed by atoms with Gasteiger partial charge in [-0.15, -0.1) is 6.42 Å². The molecule has 3 heteroatoms. The van der Waals surface area contributed by atoms with Gasteiger partial charge in [0.05, 0.1) is 6.54 Å². The van der Waals surface area contributed by atoms with Gasteiger partial charge in [0, 0.05) is 17.8 Å². The molecule has 0 unspecified atom stereocenters. The molecule has 1 aliphatic carbocycles. The summed E-state index contributed by atoms with van der Waals surface area (Å²) in [4.78, 5) is 14.2. The summed E-state index contributed by atoms with van der Waals surface area (Å²) < 4.78 is 0. The molecular weight excluding hydrogens is 224 g/mol. The Kier molecular flexibility index (Phi) is 3.57. The van der Waals surface area contributed by atoms with Crippen molar-refractivity contribution in [3.63, 3.8) is 0 Å². The van der Waals surface area contributed by atoms with E-state index in [1.807, 2.05) is 13.0 Å². The van der Waals surface area contributed by atoms with E-state index in [2.05, 4.69) is 5.92 Å². The molecule has 1 amide bonds. The average molecular weight is 242 g/mol. The number of terminal acetylenes is 1. The Hall–Kier alpha value is -1.95. The molecule has 0 bridgehead atoms. The van der Waals surface area contributed by atoms with Crippen molar-refractivity contribution in [1.82, 2.24) is 4.90 Å². The summed E-state index contributed by atoms with van der Waals surface area (Å²) >= 11 is 0. The van der Waals surface area contributed by atoms with Gasteiger partial charge < -0.3 is 10.6 Å². The maximum atomic E-state index is 12.4. The van der Waals surface area contributed by atoms with Crippen molar-refractivity contribution in [1.29, 1.82) is 0 Å². The van der Waals surface area contributed by atoms with Gasteiger partial charge >= 0.3 is 0 Å². The van der Waals surface area contributed by atoms with Gasteiger partial charge in [-0.1, -0.05) is 12.0 Å². The van der Waals surface area contributed by atoms with Crippen molar-refractivity contribution in [2.45, 2.75) is 19.8 Å². The Morgan fingerprint density at radius 1 is 1.56 bits per heavy atom. The molecule has 1 saturated carbocycles. The summed E-state index contributed by atoms with van der Waals surface area (Å²) in [6.07, 6.45) is 7.74. The van der Waals surface area contributed by atoms with Crippen molar-refractivity contribution in [2.24, 2.45) is 5.92 Å². The van der Waals surface area contributed by atoms with Gasteiger partial charge in [-0.3, -0.25) is 4.79 Å². The Labute approximate surface area is 108 Å². The van der Waals surface area contributed by atoms with Crippen LogP contribution < -0.4 is 5.73 Å². The number of nitrogens with two attached hydrogens (primary N) is 1. The van der Waals surface area contributed by atoms with Gasteiger partial charge in [-0.25, -0.2) is 0 Å². The number of benzene rings is 1. The third-order valence-electron chi connectivity index (χ3n) is 3.35. The fourth-order valence-corrected chi connectivity index (χ4v) is 2.00. The zero-order valence-electron chi connectivity index (χ0n) is 10.6. The quantitative estimate of drug-likeness (QED) is 0.649. The van der Waals surface area contributed by atoms with Gasteiger partial charge in [-0.2, -0.15) is 0 Å². The summed E-state index contributed by atoms with van der Waals surface area (Å²) in [5.74, 6) is 3.18. The Morgan fingerprint density at radius 3 is 2.89 bits per heavy atom. The lowest BCUT2D eigenvalue weighted by molar-refractivity contribution is 0.0769. The van der Waals surface area contributed by atoms with Crippen LogP contribution in [0.5, 0.6) is 0 Å². The molecule has 1 aromatic rings. The number of carbonyl (C=O) groups is 1. The molecule has 0 saturated heterocycles. The van der Waals surface area contributed by atoms with Crippen molar-refractivity contribution < 1.29 is 4.79 Å². The van der Waals surface area contributed by atoms with Crippen LogP contribution in [-0.4, -0.2) is 23.9 Å². The predicted octanol–water partition coefficient (Wildman–Crippen LogP) is 2.06. The molecule has 0 radical (unpaired) electrons. The Morgan fingerprint density at radius 2 is 2.28 bits per heavy atom. The van der Waals surface area contributed by atoms with E-state index >= 15 is 0 Å². The molecule has 18 heavy (non-hydrogen) atoms. The number of anilines is 1. The number of hydrogen-bond donors (Lipinski definition) is 1. The van der Waals surface area contributed by atoms with Gasteiger partial charge in [0.1, 0.15) is 0 Å². The highest BCUT2D eigenvalue weighted by molar-refractivity contribution is 5.97. The van der Waals surface area contributed by atoms with Crippen molar-refractivity contribution in [2.75, 3.05) is 18.8 Å². The van der Waals surface area contributed by atoms with E-state index in [0.717, 1.165) is 12.1 Å². The number of carbonyl (C=O) groups excluding carboxylic acids is 1. The molecular formula is C15H18N2O. The number of nitrogens with zero attached hydrogens (tertiary/aromatic N) is 1. The predicted molar refractivity (Wildman–Crippen MR) is 73.1 cm³/mol. The number of hydrogen-bond acceptors (Lipinski definition) is 2. The lowest BCUT2D eigenvalue weighted by atomic mass is 10.1. The minimum Gasteiger partial charge on any atom is -0.398 e. The largest absolute Gasteiger partial charge is 0.398 e. The third kappa shape index (κ3) is 2.65. The second-order valence-corrected chi connectivity index (χ2v) is 4.85. The molecule has 3 nitrogen and oxygen atoms in total. The standard InChI is InChI=1S/C15H18N2O/c1-3-9-17(10-12-7-8-12)15(18)13-5-4-6-14(16)11(13)2/h1,4-6,12H,7-10,16H2,2H3. The molecule has 94 valence electrons. The van der Waals surface area contributed by atoms with Crippen molar-refractivity contribution in [3.05, 3.63) is 29.3 Å². The second-order valence-electron chi connectivity index (χ2n) is 4.85. The van der Waals surface area contributed by atoms with E-state index in [4.69, 9.17) is 12.2 Å². The lowest BCUT2D eigenvalue weighted by Crippen LogP contribution is -2.33. The van der Waals surface area contributed by atoms with E-state index in [-0.39, 0.29) is 5.91 Å². The van der Waals surface area contributed by atoms with Crippen LogP contribution in [0.25, 0.3) is 0 Å². The van der Waals surface area contributed by atoms with E-state index in [0.29, 0.717) is 23.7 Å². The molecule has 0 heterocycles. The zero-order valence-corrected chi connectivity index (χ0v) is 10.6. The number of nitrogen functional groups attached to an aromatic ring is 1. The highest BCUT2D eigenvalue weighted by Crippen LogP contribution is 2.30. The second kappa shape index (κ2) is 5.14. The zero-order chi connectivity index (χ0) is 13.1. The maximum Gasteiger partial charge on any atom is 0.254 e. The van der Waals surface area contributed by atoms with E-state index < -0.39 is 0 Å². The van der Waals surface area contributed by atoms with Crippen LogP contribution in [-0.2, 0) is 0 Å². The summed E-state index contributed by atoms with van der Waals surface area (Å²) in [6.45, 7) is 2.99. The summed E-state index contributed by atoms with van der Waals surface area (Å²) in [7, 11) is 0. The molecule has 0 aliphatic heterocycles. The topological polar surface area (TPSA) is 46.3 Å². The highest BCUT2D eigenvalue weighted by atomic mass is 16.2. The minimum absolute atomic E-state index is 0.00958. The molecule has 0 atom stereocenters. The van der Waals surface area contributed by atoms with Crippen LogP contribution in [0, 0.1) is 25.2 Å². The van der Waals surface area contributed by atoms with Gasteiger partial charge in [0.25, 0.3) is 5.91 Å². The maximum absolute atomic E-state index is 12.4. The Bertz CT molecular complexity index is 498. The molecule has 2 N–H and O–H groups in total.